The highest BCUT2D eigenvalue weighted by Crippen LogP contribution is 2.47. The summed E-state index contributed by atoms with van der Waals surface area (Å²) >= 11 is 0. The Labute approximate surface area is 191 Å². The lowest BCUT2D eigenvalue weighted by molar-refractivity contribution is -0.137. The normalized spacial score (nSPS) is 16.4. The van der Waals surface area contributed by atoms with Gasteiger partial charge in [-0.05, 0) is 55.0 Å². The van der Waals surface area contributed by atoms with E-state index in [1.54, 1.807) is 36.9 Å². The third kappa shape index (κ3) is 3.71. The molecule has 0 spiro atoms. The lowest BCUT2D eigenvalue weighted by atomic mass is 9.76. The largest absolute Gasteiger partial charge is 0.390 e. The number of aliphatic hydroxyl groups is 1. The Kier molecular flexibility index (Phi) is 6.22. The van der Waals surface area contributed by atoms with E-state index in [1.807, 2.05) is 38.1 Å². The van der Waals surface area contributed by atoms with Gasteiger partial charge in [-0.15, -0.1) is 0 Å². The summed E-state index contributed by atoms with van der Waals surface area (Å²) < 4.78 is 0. The molecular weight excluding hydrogens is 402 g/mol. The van der Waals surface area contributed by atoms with Crippen LogP contribution in [0.1, 0.15) is 70.9 Å². The first-order chi connectivity index (χ1) is 14.9. The smallest absolute Gasteiger partial charge is 0.242 e. The van der Waals surface area contributed by atoms with E-state index in [1.165, 1.54) is 0 Å². The molecule has 171 valence electrons. The van der Waals surface area contributed by atoms with Crippen molar-refractivity contribution in [2.24, 2.45) is 5.41 Å². The first kappa shape index (κ1) is 23.9. The average molecular weight is 437 g/mol. The van der Waals surface area contributed by atoms with Gasteiger partial charge >= 0.3 is 0 Å². The number of pyridine rings is 1. The predicted octanol–water partition coefficient (Wildman–Crippen LogP) is 4.22. The number of hydrogen-bond acceptors (Lipinski definition) is 4. The van der Waals surface area contributed by atoms with Gasteiger partial charge < -0.3 is 14.9 Å². The summed E-state index contributed by atoms with van der Waals surface area (Å²) in [6.45, 7) is 14.0. The van der Waals surface area contributed by atoms with Crippen molar-refractivity contribution >= 4 is 23.2 Å². The average Bonchev–Trinajstić information content (AvgIpc) is 2.80. The van der Waals surface area contributed by atoms with E-state index in [2.05, 4.69) is 25.8 Å². The van der Waals surface area contributed by atoms with Crippen LogP contribution in [0.2, 0.25) is 0 Å². The molecule has 3 rings (SSSR count). The van der Waals surface area contributed by atoms with E-state index >= 15 is 0 Å². The lowest BCUT2D eigenvalue weighted by Crippen LogP contribution is -2.47. The molecule has 1 aromatic carbocycles. The van der Waals surface area contributed by atoms with E-state index in [-0.39, 0.29) is 23.8 Å². The number of nitrogens with zero attached hydrogens (tertiary/aromatic N) is 3. The van der Waals surface area contributed by atoms with Crippen molar-refractivity contribution in [3.63, 3.8) is 0 Å². The third-order valence-corrected chi connectivity index (χ3v) is 6.32. The van der Waals surface area contributed by atoms with Gasteiger partial charge in [0, 0.05) is 25.7 Å². The summed E-state index contributed by atoms with van der Waals surface area (Å²) in [7, 11) is 1.76. The summed E-state index contributed by atoms with van der Waals surface area (Å²) in [4.78, 5) is 34.5. The molecule has 2 amide bonds. The Bertz CT molecular complexity index is 1050. The fourth-order valence-corrected chi connectivity index (χ4v) is 4.63. The second kappa shape index (κ2) is 8.32. The van der Waals surface area contributed by atoms with Crippen LogP contribution in [-0.2, 0) is 21.6 Å². The zero-order chi connectivity index (χ0) is 24.0. The molecule has 1 radical (unpaired) electrons. The Balaban J connectivity index is 2.37. The number of carbonyl (C=O) groups is 2. The minimum Gasteiger partial charge on any atom is -0.390 e. The maximum atomic E-state index is 13.5. The molecule has 1 aliphatic heterocycles. The van der Waals surface area contributed by atoms with Crippen LogP contribution in [0.4, 0.5) is 11.4 Å². The van der Waals surface area contributed by atoms with E-state index < -0.39 is 5.41 Å². The lowest BCUT2D eigenvalue weighted by Gasteiger charge is -2.34. The van der Waals surface area contributed by atoms with Crippen molar-refractivity contribution in [1.29, 1.82) is 0 Å². The van der Waals surface area contributed by atoms with E-state index in [0.717, 1.165) is 34.0 Å². The van der Waals surface area contributed by atoms with Crippen LogP contribution in [0.3, 0.4) is 0 Å². The highest BCUT2D eigenvalue weighted by atomic mass is 16.3. The van der Waals surface area contributed by atoms with Crippen molar-refractivity contribution in [3.05, 3.63) is 58.8 Å². The highest BCUT2D eigenvalue weighted by molar-refractivity contribution is 6.20. The molecule has 0 atom stereocenters. The van der Waals surface area contributed by atoms with Crippen LogP contribution in [0.15, 0.2) is 30.5 Å². The first-order valence-corrected chi connectivity index (χ1v) is 11.0. The number of hydrogen-bond donors (Lipinski definition) is 1. The molecule has 0 fully saturated rings. The van der Waals surface area contributed by atoms with Crippen molar-refractivity contribution in [2.75, 3.05) is 23.4 Å². The van der Waals surface area contributed by atoms with Crippen LogP contribution in [0, 0.1) is 11.3 Å². The summed E-state index contributed by atoms with van der Waals surface area (Å²) in [5, 5.41) is 9.83. The Hall–Kier alpha value is -2.73. The SMILES string of the molecule is CCN1C(=O)C(C)(C)C(=O)N(C)c2c1ccc([C](C)c1cccnc1CO)c2C(C)(C)C. The molecule has 1 aromatic heterocycles. The number of fused-ring (bicyclic) bond motifs is 1. The van der Waals surface area contributed by atoms with Crippen molar-refractivity contribution in [3.8, 4) is 0 Å². The van der Waals surface area contributed by atoms with Gasteiger partial charge in [-0.3, -0.25) is 14.6 Å². The number of aromatic nitrogens is 1. The summed E-state index contributed by atoms with van der Waals surface area (Å²) in [6.07, 6.45) is 1.67. The molecule has 1 N–H and O–H groups in total. The second-order valence-electron chi connectivity index (χ2n) is 9.93. The maximum Gasteiger partial charge on any atom is 0.242 e. The van der Waals surface area contributed by atoms with Crippen molar-refractivity contribution in [2.45, 2.75) is 60.5 Å². The summed E-state index contributed by atoms with van der Waals surface area (Å²) in [5.41, 5.74) is 3.45. The van der Waals surface area contributed by atoms with Gasteiger partial charge in [0.05, 0.1) is 23.7 Å². The molecule has 0 saturated carbocycles. The van der Waals surface area contributed by atoms with Gasteiger partial charge in [0.1, 0.15) is 5.41 Å². The van der Waals surface area contributed by atoms with Crippen LogP contribution in [0.5, 0.6) is 0 Å². The van der Waals surface area contributed by atoms with Crippen LogP contribution in [0.25, 0.3) is 0 Å². The number of amides is 2. The summed E-state index contributed by atoms with van der Waals surface area (Å²) in [5.74, 6) is 0.546. The minimum atomic E-state index is -1.16. The number of benzene rings is 1. The molecule has 6 heteroatoms. The maximum absolute atomic E-state index is 13.5. The molecule has 1 aliphatic rings. The zero-order valence-corrected chi connectivity index (χ0v) is 20.4. The third-order valence-electron chi connectivity index (χ3n) is 6.32. The van der Waals surface area contributed by atoms with Crippen LogP contribution < -0.4 is 9.80 Å². The molecular formula is C26H34N3O3. The Morgan fingerprint density at radius 1 is 1.09 bits per heavy atom. The van der Waals surface area contributed by atoms with Gasteiger partial charge in [0.25, 0.3) is 0 Å². The molecule has 32 heavy (non-hydrogen) atoms. The molecule has 0 aliphatic carbocycles. The quantitative estimate of drug-likeness (QED) is 0.729. The summed E-state index contributed by atoms with van der Waals surface area (Å²) in [6, 6.07) is 7.76. The fourth-order valence-electron chi connectivity index (χ4n) is 4.63. The number of aliphatic hydroxyl groups excluding tert-OH is 1. The Morgan fingerprint density at radius 2 is 1.75 bits per heavy atom. The van der Waals surface area contributed by atoms with Crippen LogP contribution in [-0.4, -0.2) is 35.5 Å². The van der Waals surface area contributed by atoms with Gasteiger partial charge in [-0.25, -0.2) is 0 Å². The van der Waals surface area contributed by atoms with Gasteiger partial charge in [-0.2, -0.15) is 0 Å². The topological polar surface area (TPSA) is 73.7 Å². The molecule has 0 saturated heterocycles. The fraction of sp³-hybridized carbons (Fsp3) is 0.462. The number of anilines is 2. The molecule has 0 unspecified atom stereocenters. The zero-order valence-electron chi connectivity index (χ0n) is 20.4. The Morgan fingerprint density at radius 3 is 2.31 bits per heavy atom. The van der Waals surface area contributed by atoms with Crippen LogP contribution >= 0.6 is 0 Å². The van der Waals surface area contributed by atoms with Crippen molar-refractivity contribution in [1.82, 2.24) is 4.98 Å². The molecule has 2 aromatic rings. The van der Waals surface area contributed by atoms with E-state index in [9.17, 15) is 14.7 Å². The monoisotopic (exact) mass is 436 g/mol. The molecule has 2 heterocycles. The van der Waals surface area contributed by atoms with Gasteiger partial charge in [-0.1, -0.05) is 39.8 Å². The molecule has 0 bridgehead atoms. The van der Waals surface area contributed by atoms with Crippen molar-refractivity contribution < 1.29 is 14.7 Å². The van der Waals surface area contributed by atoms with E-state index in [0.29, 0.717) is 12.2 Å². The molecule has 6 nitrogen and oxygen atoms in total. The van der Waals surface area contributed by atoms with Gasteiger partial charge in [0.15, 0.2) is 0 Å². The minimum absolute atomic E-state index is 0.159. The second-order valence-corrected chi connectivity index (χ2v) is 9.93. The first-order valence-electron chi connectivity index (χ1n) is 11.0. The predicted molar refractivity (Wildman–Crippen MR) is 128 cm³/mol. The number of rotatable bonds is 4. The highest BCUT2D eigenvalue weighted by Gasteiger charge is 2.46. The van der Waals surface area contributed by atoms with E-state index in [4.69, 9.17) is 0 Å². The number of carbonyl (C=O) groups excluding carboxylic acids is 2. The standard InChI is InChI=1S/C26H34N3O3/c1-9-29-20-13-12-18(16(2)17-11-10-14-27-19(17)15-30)21(25(3,4)5)22(20)28(8)23(31)26(6,7)24(29)32/h10-14,30H,9,15H2,1-8H3. The van der Waals surface area contributed by atoms with Gasteiger partial charge in [0.2, 0.25) is 11.8 Å².